The molecule has 1 aliphatic rings. The Morgan fingerprint density at radius 1 is 1.54 bits per heavy atom. The molecule has 13 heavy (non-hydrogen) atoms. The Bertz CT molecular complexity index is 179. The first-order chi connectivity index (χ1) is 6.13. The van der Waals surface area contributed by atoms with Crippen LogP contribution in [0.25, 0.3) is 0 Å². The lowest BCUT2D eigenvalue weighted by Crippen LogP contribution is -2.36. The second-order valence-corrected chi connectivity index (χ2v) is 3.80. The maximum Gasteiger partial charge on any atom is 0.302 e. The SMILES string of the molecule is CCC1CCC(O)[C@@H](OC(C)=O)C1. The number of ether oxygens (including phenoxy) is 1. The summed E-state index contributed by atoms with van der Waals surface area (Å²) < 4.78 is 5.05. The van der Waals surface area contributed by atoms with E-state index in [0.717, 1.165) is 25.7 Å². The van der Waals surface area contributed by atoms with Crippen LogP contribution in [0.1, 0.15) is 39.5 Å². The van der Waals surface area contributed by atoms with Gasteiger partial charge in [-0.2, -0.15) is 0 Å². The number of carbonyl (C=O) groups excluding carboxylic acids is 1. The van der Waals surface area contributed by atoms with Crippen LogP contribution in [-0.2, 0) is 9.53 Å². The van der Waals surface area contributed by atoms with Gasteiger partial charge in [0.25, 0.3) is 0 Å². The van der Waals surface area contributed by atoms with Gasteiger partial charge in [0.1, 0.15) is 6.10 Å². The zero-order valence-corrected chi connectivity index (χ0v) is 8.32. The Morgan fingerprint density at radius 3 is 2.77 bits per heavy atom. The summed E-state index contributed by atoms with van der Waals surface area (Å²) in [7, 11) is 0. The van der Waals surface area contributed by atoms with Crippen LogP contribution in [0.5, 0.6) is 0 Å². The molecule has 2 unspecified atom stereocenters. The lowest BCUT2D eigenvalue weighted by molar-refractivity contribution is -0.156. The van der Waals surface area contributed by atoms with Gasteiger partial charge in [-0.15, -0.1) is 0 Å². The molecule has 1 rings (SSSR count). The monoisotopic (exact) mass is 186 g/mol. The minimum absolute atomic E-state index is 0.267. The van der Waals surface area contributed by atoms with Crippen molar-refractivity contribution in [2.24, 2.45) is 5.92 Å². The molecule has 1 aliphatic carbocycles. The lowest BCUT2D eigenvalue weighted by Gasteiger charge is -2.32. The van der Waals surface area contributed by atoms with E-state index in [9.17, 15) is 9.90 Å². The highest BCUT2D eigenvalue weighted by Crippen LogP contribution is 2.28. The minimum Gasteiger partial charge on any atom is -0.460 e. The van der Waals surface area contributed by atoms with Crippen molar-refractivity contribution in [1.82, 2.24) is 0 Å². The van der Waals surface area contributed by atoms with Crippen molar-refractivity contribution in [1.29, 1.82) is 0 Å². The predicted molar refractivity (Wildman–Crippen MR) is 49.2 cm³/mol. The predicted octanol–water partition coefficient (Wildman–Crippen LogP) is 1.49. The molecule has 0 aromatic rings. The van der Waals surface area contributed by atoms with Crippen LogP contribution in [0.2, 0.25) is 0 Å². The summed E-state index contributed by atoms with van der Waals surface area (Å²) in [5.74, 6) is 0.313. The van der Waals surface area contributed by atoms with Crippen molar-refractivity contribution in [3.05, 3.63) is 0 Å². The molecule has 76 valence electrons. The molecule has 0 bridgehead atoms. The topological polar surface area (TPSA) is 46.5 Å². The number of aliphatic hydroxyl groups is 1. The molecule has 0 spiro atoms. The second kappa shape index (κ2) is 4.61. The van der Waals surface area contributed by atoms with Crippen molar-refractivity contribution >= 4 is 5.97 Å². The summed E-state index contributed by atoms with van der Waals surface area (Å²) in [5, 5.41) is 9.55. The Kier molecular flexibility index (Phi) is 3.72. The minimum atomic E-state index is -0.452. The molecule has 0 amide bonds. The van der Waals surface area contributed by atoms with Gasteiger partial charge in [0, 0.05) is 6.92 Å². The zero-order valence-electron chi connectivity index (χ0n) is 8.32. The van der Waals surface area contributed by atoms with Gasteiger partial charge in [-0.05, 0) is 25.2 Å². The fourth-order valence-corrected chi connectivity index (χ4v) is 1.91. The summed E-state index contributed by atoms with van der Waals surface area (Å²) in [5.41, 5.74) is 0. The molecule has 0 heterocycles. The maximum atomic E-state index is 10.7. The molecule has 3 nitrogen and oxygen atoms in total. The van der Waals surface area contributed by atoms with Crippen molar-refractivity contribution in [2.75, 3.05) is 0 Å². The largest absolute Gasteiger partial charge is 0.460 e. The number of hydrogen-bond acceptors (Lipinski definition) is 3. The first-order valence-corrected chi connectivity index (χ1v) is 4.98. The Morgan fingerprint density at radius 2 is 2.23 bits per heavy atom. The molecule has 0 aliphatic heterocycles. The van der Waals surface area contributed by atoms with E-state index in [4.69, 9.17) is 4.74 Å². The van der Waals surface area contributed by atoms with E-state index in [-0.39, 0.29) is 12.1 Å². The molecule has 3 atom stereocenters. The van der Waals surface area contributed by atoms with Gasteiger partial charge in [0.05, 0.1) is 6.10 Å². The quantitative estimate of drug-likeness (QED) is 0.664. The number of rotatable bonds is 2. The van der Waals surface area contributed by atoms with Crippen LogP contribution in [0.3, 0.4) is 0 Å². The Balaban J connectivity index is 2.44. The van der Waals surface area contributed by atoms with Crippen LogP contribution < -0.4 is 0 Å². The molecule has 1 saturated carbocycles. The highest BCUT2D eigenvalue weighted by atomic mass is 16.6. The summed E-state index contributed by atoms with van der Waals surface area (Å²) in [6, 6.07) is 0. The number of carbonyl (C=O) groups is 1. The van der Waals surface area contributed by atoms with Gasteiger partial charge in [-0.1, -0.05) is 13.3 Å². The first kappa shape index (κ1) is 10.5. The highest BCUT2D eigenvalue weighted by molar-refractivity contribution is 5.66. The summed E-state index contributed by atoms with van der Waals surface area (Å²) in [6.07, 6.45) is 3.01. The van der Waals surface area contributed by atoms with E-state index in [2.05, 4.69) is 6.92 Å². The number of hydrogen-bond donors (Lipinski definition) is 1. The van der Waals surface area contributed by atoms with E-state index in [1.807, 2.05) is 0 Å². The van der Waals surface area contributed by atoms with Gasteiger partial charge in [-0.3, -0.25) is 4.79 Å². The summed E-state index contributed by atoms with van der Waals surface area (Å²) in [4.78, 5) is 10.7. The van der Waals surface area contributed by atoms with Crippen molar-refractivity contribution < 1.29 is 14.6 Å². The van der Waals surface area contributed by atoms with Crippen LogP contribution >= 0.6 is 0 Å². The molecule has 0 aromatic carbocycles. The maximum absolute atomic E-state index is 10.7. The van der Waals surface area contributed by atoms with Gasteiger partial charge < -0.3 is 9.84 Å². The normalized spacial score (nSPS) is 34.2. The van der Waals surface area contributed by atoms with E-state index >= 15 is 0 Å². The lowest BCUT2D eigenvalue weighted by atomic mass is 9.84. The fourth-order valence-electron chi connectivity index (χ4n) is 1.91. The van der Waals surface area contributed by atoms with Crippen molar-refractivity contribution in [3.8, 4) is 0 Å². The average molecular weight is 186 g/mol. The van der Waals surface area contributed by atoms with Crippen LogP contribution in [0.4, 0.5) is 0 Å². The highest BCUT2D eigenvalue weighted by Gasteiger charge is 2.30. The van der Waals surface area contributed by atoms with Crippen LogP contribution in [-0.4, -0.2) is 23.3 Å². The van der Waals surface area contributed by atoms with Gasteiger partial charge in [0.2, 0.25) is 0 Å². The second-order valence-electron chi connectivity index (χ2n) is 3.80. The van der Waals surface area contributed by atoms with Gasteiger partial charge in [0.15, 0.2) is 0 Å². The number of esters is 1. The zero-order chi connectivity index (χ0) is 9.84. The first-order valence-electron chi connectivity index (χ1n) is 4.98. The third kappa shape index (κ3) is 2.99. The van der Waals surface area contributed by atoms with E-state index in [0.29, 0.717) is 5.92 Å². The van der Waals surface area contributed by atoms with Crippen molar-refractivity contribution in [2.45, 2.75) is 51.7 Å². The van der Waals surface area contributed by atoms with Crippen LogP contribution in [0.15, 0.2) is 0 Å². The van der Waals surface area contributed by atoms with Crippen LogP contribution in [0, 0.1) is 5.92 Å². The molecule has 0 saturated heterocycles. The summed E-state index contributed by atoms with van der Waals surface area (Å²) in [6.45, 7) is 3.52. The molecule has 0 radical (unpaired) electrons. The Hall–Kier alpha value is -0.570. The fraction of sp³-hybridized carbons (Fsp3) is 0.900. The standard InChI is InChI=1S/C10H18O3/c1-3-8-4-5-9(12)10(6-8)13-7(2)11/h8-10,12H,3-6H2,1-2H3/t8?,9?,10-/m0/s1. The average Bonchev–Trinajstić information content (AvgIpc) is 2.08. The molecular weight excluding hydrogens is 168 g/mol. The Labute approximate surface area is 79.1 Å². The van der Waals surface area contributed by atoms with Crippen molar-refractivity contribution in [3.63, 3.8) is 0 Å². The summed E-state index contributed by atoms with van der Waals surface area (Å²) >= 11 is 0. The molecule has 0 aromatic heterocycles. The van der Waals surface area contributed by atoms with Gasteiger partial charge in [-0.25, -0.2) is 0 Å². The molecule has 1 fully saturated rings. The third-order valence-corrected chi connectivity index (χ3v) is 2.76. The molecular formula is C10H18O3. The van der Waals surface area contributed by atoms with E-state index < -0.39 is 6.10 Å². The smallest absolute Gasteiger partial charge is 0.302 e. The molecule has 3 heteroatoms. The number of aliphatic hydroxyl groups excluding tert-OH is 1. The van der Waals surface area contributed by atoms with E-state index in [1.165, 1.54) is 6.92 Å². The van der Waals surface area contributed by atoms with E-state index in [1.54, 1.807) is 0 Å². The third-order valence-electron chi connectivity index (χ3n) is 2.76. The van der Waals surface area contributed by atoms with Gasteiger partial charge >= 0.3 is 5.97 Å². The molecule has 1 N–H and O–H groups in total.